The van der Waals surface area contributed by atoms with Crippen LogP contribution < -0.4 is 0 Å². The standard InChI is InChI=1S/C15H16N4/c16-10-14(19-8-4-5-9-19)13-11-17-15(18-13)12-6-2-1-3-7-12/h1-3,6-7,11,14H,4-5,8-9H2,(H,17,18). The molecule has 4 heteroatoms. The maximum absolute atomic E-state index is 9.38. The molecule has 1 N–H and O–H groups in total. The normalized spacial score (nSPS) is 17.2. The molecule has 2 heterocycles. The van der Waals surface area contributed by atoms with Crippen LogP contribution in [0.1, 0.15) is 24.6 Å². The highest BCUT2D eigenvalue weighted by atomic mass is 15.2. The summed E-state index contributed by atoms with van der Waals surface area (Å²) in [6, 6.07) is 12.2. The van der Waals surface area contributed by atoms with E-state index in [2.05, 4.69) is 20.9 Å². The SMILES string of the molecule is N#CC(c1cnc(-c2ccccc2)[nH]1)N1CCCC1. The van der Waals surface area contributed by atoms with Crippen LogP contribution in [-0.2, 0) is 0 Å². The van der Waals surface area contributed by atoms with Gasteiger partial charge in [-0.25, -0.2) is 4.98 Å². The minimum atomic E-state index is -0.201. The van der Waals surface area contributed by atoms with Gasteiger partial charge in [0.2, 0.25) is 0 Å². The maximum atomic E-state index is 9.38. The zero-order valence-electron chi connectivity index (χ0n) is 10.7. The number of nitriles is 1. The van der Waals surface area contributed by atoms with E-state index < -0.39 is 0 Å². The Labute approximate surface area is 112 Å². The number of nitrogens with zero attached hydrogens (tertiary/aromatic N) is 3. The van der Waals surface area contributed by atoms with Gasteiger partial charge in [0.25, 0.3) is 0 Å². The number of nitrogens with one attached hydrogen (secondary N) is 1. The van der Waals surface area contributed by atoms with Gasteiger partial charge in [-0.05, 0) is 25.9 Å². The molecule has 1 aliphatic rings. The number of hydrogen-bond donors (Lipinski definition) is 1. The third-order valence-corrected chi connectivity index (χ3v) is 3.57. The molecule has 96 valence electrons. The van der Waals surface area contributed by atoms with E-state index in [1.165, 1.54) is 12.8 Å². The third kappa shape index (κ3) is 2.38. The predicted octanol–water partition coefficient (Wildman–Crippen LogP) is 2.74. The molecule has 1 aromatic carbocycles. The molecule has 1 fully saturated rings. The van der Waals surface area contributed by atoms with Crippen LogP contribution >= 0.6 is 0 Å². The van der Waals surface area contributed by atoms with Crippen molar-refractivity contribution in [3.63, 3.8) is 0 Å². The summed E-state index contributed by atoms with van der Waals surface area (Å²) in [6.07, 6.45) is 4.14. The van der Waals surface area contributed by atoms with Gasteiger partial charge in [-0.15, -0.1) is 0 Å². The highest BCUT2D eigenvalue weighted by Gasteiger charge is 2.24. The van der Waals surface area contributed by atoms with Crippen molar-refractivity contribution in [3.8, 4) is 17.5 Å². The van der Waals surface area contributed by atoms with E-state index in [9.17, 15) is 5.26 Å². The first-order chi connectivity index (χ1) is 9.38. The summed E-state index contributed by atoms with van der Waals surface area (Å²) in [6.45, 7) is 2.00. The average Bonchev–Trinajstić information content (AvgIpc) is 3.12. The van der Waals surface area contributed by atoms with E-state index in [1.54, 1.807) is 6.20 Å². The van der Waals surface area contributed by atoms with Gasteiger partial charge in [-0.1, -0.05) is 30.3 Å². The van der Waals surface area contributed by atoms with E-state index in [4.69, 9.17) is 0 Å². The fourth-order valence-corrected chi connectivity index (χ4v) is 2.56. The van der Waals surface area contributed by atoms with Gasteiger partial charge < -0.3 is 4.98 Å². The van der Waals surface area contributed by atoms with Crippen molar-refractivity contribution in [1.82, 2.24) is 14.9 Å². The van der Waals surface area contributed by atoms with E-state index in [0.717, 1.165) is 30.2 Å². The highest BCUT2D eigenvalue weighted by molar-refractivity contribution is 5.54. The molecular formula is C15H16N4. The van der Waals surface area contributed by atoms with Crippen LogP contribution in [0.2, 0.25) is 0 Å². The van der Waals surface area contributed by atoms with Crippen molar-refractivity contribution in [2.75, 3.05) is 13.1 Å². The monoisotopic (exact) mass is 252 g/mol. The van der Waals surface area contributed by atoms with Crippen LogP contribution in [0.5, 0.6) is 0 Å². The second-order valence-electron chi connectivity index (χ2n) is 4.83. The van der Waals surface area contributed by atoms with Gasteiger partial charge in [0.05, 0.1) is 18.0 Å². The Hall–Kier alpha value is -2.12. The number of H-pyrrole nitrogens is 1. The molecule has 0 amide bonds. The zero-order valence-corrected chi connectivity index (χ0v) is 10.7. The molecule has 0 radical (unpaired) electrons. The number of imidazole rings is 1. The number of rotatable bonds is 3. The minimum Gasteiger partial charge on any atom is -0.340 e. The fourth-order valence-electron chi connectivity index (χ4n) is 2.56. The Morgan fingerprint density at radius 1 is 1.21 bits per heavy atom. The fraction of sp³-hybridized carbons (Fsp3) is 0.333. The van der Waals surface area contributed by atoms with Crippen molar-refractivity contribution in [3.05, 3.63) is 42.2 Å². The third-order valence-electron chi connectivity index (χ3n) is 3.57. The molecule has 0 spiro atoms. The maximum Gasteiger partial charge on any atom is 0.140 e. The predicted molar refractivity (Wildman–Crippen MR) is 73.2 cm³/mol. The Kier molecular flexibility index (Phi) is 3.30. The van der Waals surface area contributed by atoms with Crippen LogP contribution in [-0.4, -0.2) is 28.0 Å². The van der Waals surface area contributed by atoms with Gasteiger partial charge in [-0.2, -0.15) is 5.26 Å². The van der Waals surface area contributed by atoms with Crippen molar-refractivity contribution in [2.45, 2.75) is 18.9 Å². The average molecular weight is 252 g/mol. The molecule has 3 rings (SSSR count). The van der Waals surface area contributed by atoms with Crippen LogP contribution in [0.4, 0.5) is 0 Å². The van der Waals surface area contributed by atoms with Crippen LogP contribution in [0.25, 0.3) is 11.4 Å². The zero-order chi connectivity index (χ0) is 13.1. The lowest BCUT2D eigenvalue weighted by atomic mass is 10.2. The van der Waals surface area contributed by atoms with Crippen LogP contribution in [0.3, 0.4) is 0 Å². The van der Waals surface area contributed by atoms with Gasteiger partial charge in [0.1, 0.15) is 11.9 Å². The Morgan fingerprint density at radius 3 is 2.63 bits per heavy atom. The van der Waals surface area contributed by atoms with E-state index in [1.807, 2.05) is 30.3 Å². The van der Waals surface area contributed by atoms with Gasteiger partial charge >= 0.3 is 0 Å². The Balaban J connectivity index is 1.86. The largest absolute Gasteiger partial charge is 0.340 e. The van der Waals surface area contributed by atoms with Gasteiger partial charge in [0.15, 0.2) is 0 Å². The summed E-state index contributed by atoms with van der Waals surface area (Å²) < 4.78 is 0. The number of hydrogen-bond acceptors (Lipinski definition) is 3. The summed E-state index contributed by atoms with van der Waals surface area (Å²) in [5.41, 5.74) is 1.94. The van der Waals surface area contributed by atoms with Gasteiger partial charge in [-0.3, -0.25) is 4.90 Å². The number of aromatic amines is 1. The van der Waals surface area contributed by atoms with E-state index in [0.29, 0.717) is 0 Å². The lowest BCUT2D eigenvalue weighted by molar-refractivity contribution is 0.290. The lowest BCUT2D eigenvalue weighted by Crippen LogP contribution is -2.24. The Bertz CT molecular complexity index is 576. The van der Waals surface area contributed by atoms with E-state index in [-0.39, 0.29) is 6.04 Å². The number of aromatic nitrogens is 2. The van der Waals surface area contributed by atoms with Crippen LogP contribution in [0, 0.1) is 11.3 Å². The molecule has 1 atom stereocenters. The molecule has 4 nitrogen and oxygen atoms in total. The first kappa shape index (κ1) is 11.9. The molecule has 0 bridgehead atoms. The Morgan fingerprint density at radius 2 is 1.95 bits per heavy atom. The van der Waals surface area contributed by atoms with E-state index >= 15 is 0 Å². The quantitative estimate of drug-likeness (QED) is 0.913. The number of likely N-dealkylation sites (tertiary alicyclic amines) is 1. The van der Waals surface area contributed by atoms with Crippen molar-refractivity contribution < 1.29 is 0 Å². The minimum absolute atomic E-state index is 0.201. The first-order valence-corrected chi connectivity index (χ1v) is 6.62. The first-order valence-electron chi connectivity index (χ1n) is 6.62. The van der Waals surface area contributed by atoms with Crippen LogP contribution in [0.15, 0.2) is 36.5 Å². The molecule has 1 saturated heterocycles. The summed E-state index contributed by atoms with van der Waals surface area (Å²) in [5.74, 6) is 0.829. The molecule has 1 unspecified atom stereocenters. The smallest absolute Gasteiger partial charge is 0.140 e. The second-order valence-corrected chi connectivity index (χ2v) is 4.83. The highest BCUT2D eigenvalue weighted by Crippen LogP contribution is 2.25. The number of benzene rings is 1. The van der Waals surface area contributed by atoms with Crippen molar-refractivity contribution >= 4 is 0 Å². The molecule has 0 aliphatic carbocycles. The molecule has 0 saturated carbocycles. The van der Waals surface area contributed by atoms with Crippen molar-refractivity contribution in [2.24, 2.45) is 0 Å². The second kappa shape index (κ2) is 5.25. The summed E-state index contributed by atoms with van der Waals surface area (Å²) in [7, 11) is 0. The molecule has 19 heavy (non-hydrogen) atoms. The topological polar surface area (TPSA) is 55.7 Å². The summed E-state index contributed by atoms with van der Waals surface area (Å²) >= 11 is 0. The molecular weight excluding hydrogens is 236 g/mol. The molecule has 2 aromatic rings. The van der Waals surface area contributed by atoms with Gasteiger partial charge in [0, 0.05) is 5.56 Å². The van der Waals surface area contributed by atoms with Crippen molar-refractivity contribution in [1.29, 1.82) is 5.26 Å². The summed E-state index contributed by atoms with van der Waals surface area (Å²) in [4.78, 5) is 9.89. The lowest BCUT2D eigenvalue weighted by Gasteiger charge is -2.19. The molecule has 1 aliphatic heterocycles. The summed E-state index contributed by atoms with van der Waals surface area (Å²) in [5, 5.41) is 9.38. The molecule has 1 aromatic heterocycles.